The van der Waals surface area contributed by atoms with Crippen molar-refractivity contribution in [3.63, 3.8) is 0 Å². The number of rotatable bonds is 8. The molecular weight excluding hydrogens is 603 g/mol. The van der Waals surface area contributed by atoms with E-state index >= 15 is 0 Å². The van der Waals surface area contributed by atoms with Gasteiger partial charge in [-0.15, -0.1) is 0 Å². The number of amides is 1. The normalized spacial score (nSPS) is 17.7. The second-order valence-corrected chi connectivity index (χ2v) is 11.2. The minimum absolute atomic E-state index is 0.215. The molecule has 5 rings (SSSR count). The summed E-state index contributed by atoms with van der Waals surface area (Å²) in [6.45, 7) is 7.95. The molecular formula is C27H31IN4O6. The zero-order valence-electron chi connectivity index (χ0n) is 21.6. The predicted molar refractivity (Wildman–Crippen MR) is 149 cm³/mol. The summed E-state index contributed by atoms with van der Waals surface area (Å²) in [4.78, 5) is 18.5. The van der Waals surface area contributed by atoms with Gasteiger partial charge in [0.05, 0.1) is 23.4 Å². The van der Waals surface area contributed by atoms with Gasteiger partial charge < -0.3 is 34.1 Å². The number of anilines is 1. The van der Waals surface area contributed by atoms with E-state index in [1.807, 2.05) is 50.2 Å². The second kappa shape index (κ2) is 10.7. The van der Waals surface area contributed by atoms with Gasteiger partial charge in [0.25, 0.3) is 5.89 Å². The van der Waals surface area contributed by atoms with Gasteiger partial charge >= 0.3 is 6.09 Å². The first-order valence-electron chi connectivity index (χ1n) is 12.6. The van der Waals surface area contributed by atoms with Gasteiger partial charge in [-0.3, -0.25) is 0 Å². The quantitative estimate of drug-likeness (QED) is 0.332. The Morgan fingerprint density at radius 1 is 1.24 bits per heavy atom. The average Bonchev–Trinajstić information content (AvgIpc) is 3.53. The van der Waals surface area contributed by atoms with Gasteiger partial charge in [-0.25, -0.2) is 4.79 Å². The summed E-state index contributed by atoms with van der Waals surface area (Å²) < 4.78 is 24.1. The van der Waals surface area contributed by atoms with Crippen molar-refractivity contribution in [3.8, 4) is 28.6 Å². The molecule has 0 unspecified atom stereocenters. The zero-order valence-corrected chi connectivity index (χ0v) is 23.8. The fourth-order valence-corrected chi connectivity index (χ4v) is 5.46. The molecule has 2 aliphatic rings. The Bertz CT molecular complexity index is 1320. The maximum Gasteiger partial charge on any atom is 0.405 e. The summed E-state index contributed by atoms with van der Waals surface area (Å²) in [5, 5.41) is 16.5. The first-order valence-corrected chi connectivity index (χ1v) is 13.7. The molecule has 2 aliphatic heterocycles. The van der Waals surface area contributed by atoms with Crippen LogP contribution in [0.2, 0.25) is 0 Å². The third kappa shape index (κ3) is 5.59. The van der Waals surface area contributed by atoms with Gasteiger partial charge in [0.2, 0.25) is 5.82 Å². The van der Waals surface area contributed by atoms with E-state index in [-0.39, 0.29) is 13.2 Å². The predicted octanol–water partition coefficient (Wildman–Crippen LogP) is 4.95. The topological polar surface area (TPSA) is 119 Å². The number of nitrogens with zero attached hydrogens (tertiary/aromatic N) is 3. The Labute approximate surface area is 234 Å². The maximum absolute atomic E-state index is 11.6. The van der Waals surface area contributed by atoms with Crippen molar-refractivity contribution < 1.29 is 28.6 Å². The number of ether oxygens (including phenoxy) is 3. The van der Waals surface area contributed by atoms with Crippen LogP contribution in [0.4, 0.5) is 10.5 Å². The van der Waals surface area contributed by atoms with Crippen LogP contribution in [-0.2, 0) is 15.9 Å². The molecule has 0 spiro atoms. The highest BCUT2D eigenvalue weighted by molar-refractivity contribution is 14.1. The van der Waals surface area contributed by atoms with Crippen molar-refractivity contribution in [3.05, 3.63) is 45.5 Å². The van der Waals surface area contributed by atoms with Gasteiger partial charge in [-0.05, 0) is 79.1 Å². The molecule has 2 aromatic carbocycles. The number of benzene rings is 2. The number of carbonyl (C=O) groups is 1. The Morgan fingerprint density at radius 3 is 2.74 bits per heavy atom. The summed E-state index contributed by atoms with van der Waals surface area (Å²) in [5.41, 5.74) is 2.95. The van der Waals surface area contributed by atoms with Crippen LogP contribution in [0.15, 0.2) is 40.9 Å². The Morgan fingerprint density at radius 2 is 2.03 bits per heavy atom. The van der Waals surface area contributed by atoms with Crippen LogP contribution in [-0.4, -0.2) is 65.6 Å². The molecule has 0 saturated carbocycles. The summed E-state index contributed by atoms with van der Waals surface area (Å²) >= 11 is 2.25. The number of nitrogens with one attached hydrogen (secondary N) is 1. The van der Waals surface area contributed by atoms with Crippen molar-refractivity contribution in [1.29, 1.82) is 0 Å². The lowest BCUT2D eigenvalue weighted by atomic mass is 9.99. The Hall–Kier alpha value is -2.90. The van der Waals surface area contributed by atoms with Crippen molar-refractivity contribution in [2.75, 3.05) is 37.8 Å². The third-order valence-electron chi connectivity index (χ3n) is 6.69. The van der Waals surface area contributed by atoms with Crippen LogP contribution < -0.4 is 15.0 Å². The highest BCUT2D eigenvalue weighted by Gasteiger charge is 2.43. The Balaban J connectivity index is 1.38. The number of carboxylic acid groups (broad SMARTS) is 1. The van der Waals surface area contributed by atoms with Crippen molar-refractivity contribution in [2.45, 2.75) is 44.9 Å². The van der Waals surface area contributed by atoms with E-state index in [4.69, 9.17) is 23.7 Å². The number of aromatic nitrogens is 2. The van der Waals surface area contributed by atoms with E-state index in [0.717, 1.165) is 51.1 Å². The van der Waals surface area contributed by atoms with Gasteiger partial charge in [0.15, 0.2) is 5.79 Å². The summed E-state index contributed by atoms with van der Waals surface area (Å²) in [7, 11) is 0. The Kier molecular flexibility index (Phi) is 7.51. The van der Waals surface area contributed by atoms with E-state index in [0.29, 0.717) is 24.9 Å². The molecule has 1 amide bonds. The first-order chi connectivity index (χ1) is 18.2. The fraction of sp³-hybridized carbons (Fsp3) is 0.444. The van der Waals surface area contributed by atoms with Gasteiger partial charge in [0.1, 0.15) is 11.3 Å². The molecule has 0 atom stereocenters. The minimum atomic E-state index is -1.11. The molecule has 202 valence electrons. The molecule has 1 aromatic heterocycles. The zero-order chi connectivity index (χ0) is 26.9. The standard InChI is InChI=1S/C27H31IN4O6/c1-4-12-35-22-9-8-17(13-20(22)28)24-29-23(31-38-24)19-6-5-7-21-18(19)10-11-32(21)14-27(30-25(33)34)15-36-26(2,3)37-16-27/h5-9,13,30H,4,10-12,14-16H2,1-3H3,(H,33,34). The van der Waals surface area contributed by atoms with Crippen LogP contribution in [0.25, 0.3) is 22.8 Å². The SMILES string of the molecule is CCCOc1ccc(-c2nc(-c3cccc4c3CCN4CC3(NC(=O)O)COC(C)(C)OC3)no2)cc1I. The van der Waals surface area contributed by atoms with E-state index in [2.05, 4.69) is 44.9 Å². The molecule has 0 radical (unpaired) electrons. The van der Waals surface area contributed by atoms with Gasteiger partial charge in [0, 0.05) is 29.9 Å². The minimum Gasteiger partial charge on any atom is -0.492 e. The number of fused-ring (bicyclic) bond motifs is 1. The summed E-state index contributed by atoms with van der Waals surface area (Å²) in [5.74, 6) is 1.04. The molecule has 38 heavy (non-hydrogen) atoms. The summed E-state index contributed by atoms with van der Waals surface area (Å²) in [6, 6.07) is 11.8. The van der Waals surface area contributed by atoms with Crippen molar-refractivity contribution in [2.24, 2.45) is 0 Å². The molecule has 1 saturated heterocycles. The van der Waals surface area contributed by atoms with Crippen molar-refractivity contribution >= 4 is 34.4 Å². The molecule has 3 heterocycles. The highest BCUT2D eigenvalue weighted by atomic mass is 127. The smallest absolute Gasteiger partial charge is 0.405 e. The van der Waals surface area contributed by atoms with Gasteiger partial charge in [-0.1, -0.05) is 24.2 Å². The summed E-state index contributed by atoms with van der Waals surface area (Å²) in [6.07, 6.45) is 0.608. The van der Waals surface area contributed by atoms with E-state index in [1.165, 1.54) is 0 Å². The number of hydrogen-bond acceptors (Lipinski definition) is 8. The maximum atomic E-state index is 11.6. The average molecular weight is 634 g/mol. The van der Waals surface area contributed by atoms with E-state index in [9.17, 15) is 9.90 Å². The lowest BCUT2D eigenvalue weighted by molar-refractivity contribution is -0.268. The second-order valence-electron chi connectivity index (χ2n) is 10.1. The monoisotopic (exact) mass is 634 g/mol. The van der Waals surface area contributed by atoms with Gasteiger partial charge in [-0.2, -0.15) is 4.98 Å². The molecule has 10 nitrogen and oxygen atoms in total. The van der Waals surface area contributed by atoms with E-state index in [1.54, 1.807) is 0 Å². The van der Waals surface area contributed by atoms with E-state index < -0.39 is 17.4 Å². The molecule has 3 aromatic rings. The van der Waals surface area contributed by atoms with Crippen LogP contribution in [0.1, 0.15) is 32.8 Å². The fourth-order valence-electron chi connectivity index (χ4n) is 4.79. The molecule has 11 heteroatoms. The molecule has 2 N–H and O–H groups in total. The third-order valence-corrected chi connectivity index (χ3v) is 7.53. The van der Waals surface area contributed by atoms with Crippen LogP contribution >= 0.6 is 22.6 Å². The highest BCUT2D eigenvalue weighted by Crippen LogP contribution is 2.37. The molecule has 0 aliphatic carbocycles. The van der Waals surface area contributed by atoms with Crippen LogP contribution in [0.5, 0.6) is 5.75 Å². The number of hydrogen-bond donors (Lipinski definition) is 2. The van der Waals surface area contributed by atoms with Crippen molar-refractivity contribution in [1.82, 2.24) is 15.5 Å². The number of halogens is 1. The molecule has 0 bridgehead atoms. The van der Waals surface area contributed by atoms with Crippen LogP contribution in [0.3, 0.4) is 0 Å². The first kappa shape index (κ1) is 26.7. The lowest BCUT2D eigenvalue weighted by Crippen LogP contribution is -2.65. The largest absolute Gasteiger partial charge is 0.492 e. The van der Waals surface area contributed by atoms with Crippen LogP contribution in [0, 0.1) is 3.57 Å². The molecule has 1 fully saturated rings. The lowest BCUT2D eigenvalue weighted by Gasteiger charge is -2.45.